The van der Waals surface area contributed by atoms with Crippen LogP contribution in [0.4, 0.5) is 15.3 Å². The number of nitrogens with two attached hydrogens (primary N) is 1. The Morgan fingerprint density at radius 2 is 0.915 bits per heavy atom. The van der Waals surface area contributed by atoms with Gasteiger partial charge < -0.3 is 15.5 Å². The van der Waals surface area contributed by atoms with E-state index >= 15 is 0 Å². The molecule has 0 aliphatic rings. The maximum atomic E-state index is 13.0. The molecule has 7 nitrogen and oxygen atoms in total. The number of guanidine groups is 1. The van der Waals surface area contributed by atoms with Crippen molar-refractivity contribution in [3.63, 3.8) is 0 Å². The first-order valence-electron chi connectivity index (χ1n) is 15.3. The number of urea groups is 1. The van der Waals surface area contributed by atoms with Gasteiger partial charge in [0.1, 0.15) is 0 Å². The van der Waals surface area contributed by atoms with Crippen LogP contribution in [0.2, 0.25) is 0 Å². The molecule has 0 aromatic heterocycles. The van der Waals surface area contributed by atoms with Crippen molar-refractivity contribution in [1.29, 1.82) is 0 Å². The van der Waals surface area contributed by atoms with Gasteiger partial charge in [-0.25, -0.2) is 9.79 Å². The van der Waals surface area contributed by atoms with Gasteiger partial charge in [0.15, 0.2) is 0 Å². The van der Waals surface area contributed by atoms with E-state index in [1.54, 1.807) is 9.80 Å². The van der Waals surface area contributed by atoms with Crippen LogP contribution in [0.1, 0.15) is 33.4 Å². The predicted molar refractivity (Wildman–Crippen MR) is 191 cm³/mol. The van der Waals surface area contributed by atoms with E-state index in [2.05, 4.69) is 10.3 Å². The number of para-hydroxylation sites is 1. The Bertz CT molecular complexity index is 1630. The average Bonchev–Trinajstić information content (AvgIpc) is 3.08. The molecular formula is C39H40ClN5O2. The number of nitrogens with zero attached hydrogens (tertiary/aromatic N) is 3. The Kier molecular flexibility index (Phi) is 13.1. The fourth-order valence-corrected chi connectivity index (χ4v) is 5.03. The number of halogens is 1. The molecule has 8 heteroatoms. The van der Waals surface area contributed by atoms with Crippen LogP contribution in [0.25, 0.3) is 0 Å². The van der Waals surface area contributed by atoms with Crippen LogP contribution in [0.15, 0.2) is 145 Å². The zero-order valence-corrected chi connectivity index (χ0v) is 27.5. The molecule has 3 amide bonds. The molecule has 240 valence electrons. The molecular weight excluding hydrogens is 606 g/mol. The van der Waals surface area contributed by atoms with Crippen molar-refractivity contribution < 1.29 is 9.59 Å². The summed E-state index contributed by atoms with van der Waals surface area (Å²) in [6, 6.07) is 45.0. The topological polar surface area (TPSA) is 91.0 Å². The molecule has 3 N–H and O–H groups in total. The Balaban J connectivity index is 0.000000238. The second kappa shape index (κ2) is 17.9. The maximum Gasteiger partial charge on any atom is 0.324 e. The van der Waals surface area contributed by atoms with E-state index < -0.39 is 5.37 Å². The number of rotatable bonds is 9. The van der Waals surface area contributed by atoms with Crippen LogP contribution >= 0.6 is 11.6 Å². The Labute approximate surface area is 282 Å². The summed E-state index contributed by atoms with van der Waals surface area (Å²) in [6.07, 6.45) is 0. The summed E-state index contributed by atoms with van der Waals surface area (Å²) < 4.78 is 0. The molecule has 0 saturated heterocycles. The van der Waals surface area contributed by atoms with Crippen molar-refractivity contribution in [2.24, 2.45) is 10.7 Å². The van der Waals surface area contributed by atoms with Crippen LogP contribution in [-0.2, 0) is 26.2 Å². The minimum Gasteiger partial charge on any atom is -0.369 e. The van der Waals surface area contributed by atoms with E-state index in [1.807, 2.05) is 153 Å². The van der Waals surface area contributed by atoms with E-state index in [1.165, 1.54) is 0 Å². The van der Waals surface area contributed by atoms with E-state index in [0.717, 1.165) is 39.1 Å². The van der Waals surface area contributed by atoms with E-state index in [4.69, 9.17) is 17.3 Å². The largest absolute Gasteiger partial charge is 0.369 e. The van der Waals surface area contributed by atoms with Crippen LogP contribution in [0.3, 0.4) is 0 Å². The first-order valence-corrected chi connectivity index (χ1v) is 15.7. The van der Waals surface area contributed by atoms with E-state index in [0.29, 0.717) is 26.2 Å². The predicted octanol–water partition coefficient (Wildman–Crippen LogP) is 8.71. The SMILES string of the molecule is Cc1cccc(C)c1N=C(N)NC(=O)N(Cc1ccccc1)Cc1ccccc1.O=C(Cl)N(Cc1ccccc1)Cc1ccccc1. The van der Waals surface area contributed by atoms with Crippen molar-refractivity contribution in [3.8, 4) is 0 Å². The van der Waals surface area contributed by atoms with Gasteiger partial charge >= 0.3 is 11.4 Å². The van der Waals surface area contributed by atoms with Crippen LogP contribution in [0, 0.1) is 13.8 Å². The van der Waals surface area contributed by atoms with Crippen molar-refractivity contribution in [2.45, 2.75) is 40.0 Å². The number of carbonyl (C=O) groups excluding carboxylic acids is 2. The Hall–Kier alpha value is -5.40. The number of nitrogens with one attached hydrogen (secondary N) is 1. The summed E-state index contributed by atoms with van der Waals surface area (Å²) >= 11 is 5.63. The summed E-state index contributed by atoms with van der Waals surface area (Å²) in [5.74, 6) is 0.0820. The third-order valence-electron chi connectivity index (χ3n) is 7.31. The average molecular weight is 646 g/mol. The molecule has 0 bridgehead atoms. The van der Waals surface area contributed by atoms with E-state index in [9.17, 15) is 9.59 Å². The highest BCUT2D eigenvalue weighted by molar-refractivity contribution is 6.62. The summed E-state index contributed by atoms with van der Waals surface area (Å²) in [5, 5.41) is 2.31. The van der Waals surface area contributed by atoms with Crippen molar-refractivity contribution in [2.75, 3.05) is 0 Å². The smallest absolute Gasteiger partial charge is 0.324 e. The van der Waals surface area contributed by atoms with E-state index in [-0.39, 0.29) is 12.0 Å². The number of carbonyl (C=O) groups is 2. The minimum atomic E-state index is -0.428. The molecule has 5 aromatic carbocycles. The lowest BCUT2D eigenvalue weighted by atomic mass is 10.1. The van der Waals surface area contributed by atoms with Crippen molar-refractivity contribution in [1.82, 2.24) is 15.1 Å². The van der Waals surface area contributed by atoms with Crippen molar-refractivity contribution >= 4 is 34.6 Å². The van der Waals surface area contributed by atoms with Gasteiger partial charge in [0.05, 0.1) is 5.69 Å². The second-order valence-electron chi connectivity index (χ2n) is 11.1. The fourth-order valence-electron chi connectivity index (χ4n) is 4.91. The zero-order valence-electron chi connectivity index (χ0n) is 26.7. The molecule has 0 fully saturated rings. The quantitative estimate of drug-likeness (QED) is 0.0727. The summed E-state index contributed by atoms with van der Waals surface area (Å²) in [7, 11) is 0. The Morgan fingerprint density at radius 1 is 0.574 bits per heavy atom. The fraction of sp³-hybridized carbons (Fsp3) is 0.154. The van der Waals surface area contributed by atoms with Crippen molar-refractivity contribution in [3.05, 3.63) is 173 Å². The van der Waals surface area contributed by atoms with Crippen LogP contribution in [0.5, 0.6) is 0 Å². The lowest BCUT2D eigenvalue weighted by Crippen LogP contribution is -2.45. The lowest BCUT2D eigenvalue weighted by molar-refractivity contribution is 0.197. The first-order chi connectivity index (χ1) is 22.8. The number of hydrogen-bond donors (Lipinski definition) is 2. The molecule has 0 atom stereocenters. The third kappa shape index (κ3) is 11.5. The molecule has 0 aliphatic carbocycles. The van der Waals surface area contributed by atoms with Crippen LogP contribution < -0.4 is 11.1 Å². The third-order valence-corrected chi connectivity index (χ3v) is 7.55. The lowest BCUT2D eigenvalue weighted by Gasteiger charge is -2.23. The van der Waals surface area contributed by atoms with Gasteiger partial charge in [0.25, 0.3) is 0 Å². The van der Waals surface area contributed by atoms with Crippen LogP contribution in [-0.4, -0.2) is 27.2 Å². The highest BCUT2D eigenvalue weighted by Crippen LogP contribution is 2.22. The number of amides is 3. The zero-order chi connectivity index (χ0) is 33.4. The molecule has 0 heterocycles. The number of hydrogen-bond acceptors (Lipinski definition) is 3. The second-order valence-corrected chi connectivity index (χ2v) is 11.4. The first kappa shape index (κ1) is 34.5. The molecule has 0 aliphatic heterocycles. The summed E-state index contributed by atoms with van der Waals surface area (Å²) in [5.41, 5.74) is 13.1. The summed E-state index contributed by atoms with van der Waals surface area (Å²) in [6.45, 7) is 5.93. The highest BCUT2D eigenvalue weighted by atomic mass is 35.5. The monoisotopic (exact) mass is 645 g/mol. The molecule has 0 radical (unpaired) electrons. The standard InChI is InChI=1S/C24H26N4O.C15H14ClNO/c1-18-10-9-11-19(2)22(18)26-23(25)27-24(29)28(16-20-12-5-3-6-13-20)17-21-14-7-4-8-15-21;16-15(18)17(11-13-7-3-1-4-8-13)12-14-9-5-2-6-10-14/h3-15H,16-17H2,1-2H3,(H3,25,26,27,29);1-10H,11-12H2. The van der Waals surface area contributed by atoms with Gasteiger partial charge in [-0.1, -0.05) is 140 Å². The molecule has 5 rings (SSSR count). The van der Waals surface area contributed by atoms with Gasteiger partial charge in [-0.2, -0.15) is 0 Å². The molecule has 47 heavy (non-hydrogen) atoms. The van der Waals surface area contributed by atoms with Gasteiger partial charge in [0, 0.05) is 26.2 Å². The van der Waals surface area contributed by atoms with Gasteiger partial charge in [0.2, 0.25) is 5.96 Å². The van der Waals surface area contributed by atoms with Gasteiger partial charge in [-0.15, -0.1) is 0 Å². The highest BCUT2D eigenvalue weighted by Gasteiger charge is 2.16. The Morgan fingerprint density at radius 3 is 1.26 bits per heavy atom. The van der Waals surface area contributed by atoms with Gasteiger partial charge in [-0.05, 0) is 58.8 Å². The van der Waals surface area contributed by atoms with Gasteiger partial charge in [-0.3, -0.25) is 10.1 Å². The molecule has 0 unspecified atom stereocenters. The number of benzene rings is 5. The molecule has 0 saturated carbocycles. The maximum absolute atomic E-state index is 13.0. The normalized spacial score (nSPS) is 10.7. The molecule has 5 aromatic rings. The number of aliphatic imine (C=N–C) groups is 1. The summed E-state index contributed by atoms with van der Waals surface area (Å²) in [4.78, 5) is 32.2. The number of aryl methyl sites for hydroxylation is 2. The minimum absolute atomic E-state index is 0.0820. The molecule has 0 spiro atoms.